The molecule has 2 aromatic carbocycles. The molecule has 0 aliphatic carbocycles. The van der Waals surface area contributed by atoms with Gasteiger partial charge in [0.1, 0.15) is 5.82 Å². The first kappa shape index (κ1) is 26.4. The Morgan fingerprint density at radius 1 is 1.05 bits per heavy atom. The lowest BCUT2D eigenvalue weighted by Crippen LogP contribution is -2.35. The number of pyridine rings is 1. The second kappa shape index (κ2) is 11.3. The van der Waals surface area contributed by atoms with Crippen molar-refractivity contribution in [3.8, 4) is 28.6 Å². The van der Waals surface area contributed by atoms with E-state index in [4.69, 9.17) is 9.47 Å². The number of hydrogen-bond acceptors (Lipinski definition) is 7. The summed E-state index contributed by atoms with van der Waals surface area (Å²) in [5.41, 5.74) is 5.25. The number of hydrogen-bond donors (Lipinski definition) is 1. The smallest absolute Gasteiger partial charge is 0.258 e. The van der Waals surface area contributed by atoms with E-state index in [-0.39, 0.29) is 25.0 Å². The van der Waals surface area contributed by atoms with E-state index < -0.39 is 0 Å². The Morgan fingerprint density at radius 3 is 2.80 bits per heavy atom. The lowest BCUT2D eigenvalue weighted by atomic mass is 10.1. The summed E-state index contributed by atoms with van der Waals surface area (Å²) in [4.78, 5) is 39.6. The molecule has 2 aliphatic rings. The van der Waals surface area contributed by atoms with Crippen LogP contribution in [0.4, 0.5) is 5.69 Å². The van der Waals surface area contributed by atoms with E-state index in [2.05, 4.69) is 27.1 Å². The van der Waals surface area contributed by atoms with Gasteiger partial charge in [-0.25, -0.2) is 4.98 Å². The minimum atomic E-state index is -0.272. The van der Waals surface area contributed by atoms with E-state index >= 15 is 0 Å². The number of nitrogens with one attached hydrogen (secondary N) is 1. The molecule has 6 rings (SSSR count). The molecule has 1 N–H and O–H groups in total. The summed E-state index contributed by atoms with van der Waals surface area (Å²) in [7, 11) is 1.56. The van der Waals surface area contributed by atoms with Crippen LogP contribution in [0.5, 0.6) is 11.5 Å². The number of anilines is 1. The fourth-order valence-corrected chi connectivity index (χ4v) is 5.45. The van der Waals surface area contributed by atoms with E-state index in [1.165, 1.54) is 0 Å². The largest absolute Gasteiger partial charge is 0.493 e. The number of nitrogens with zero attached hydrogens (tertiary/aromatic N) is 5. The molecule has 10 heteroatoms. The number of ether oxygens (including phenoxy) is 2. The number of methoxy groups -OCH3 is 1. The van der Waals surface area contributed by atoms with Crippen LogP contribution in [0.2, 0.25) is 0 Å². The minimum Gasteiger partial charge on any atom is -0.493 e. The lowest BCUT2D eigenvalue weighted by Gasteiger charge is -2.25. The van der Waals surface area contributed by atoms with E-state index in [9.17, 15) is 9.59 Å². The molecule has 0 radical (unpaired) electrons. The van der Waals surface area contributed by atoms with Gasteiger partial charge in [0.25, 0.3) is 11.8 Å². The summed E-state index contributed by atoms with van der Waals surface area (Å²) in [5, 5.41) is 2.91. The molecule has 10 nitrogen and oxygen atoms in total. The maximum absolute atomic E-state index is 13.9. The summed E-state index contributed by atoms with van der Waals surface area (Å²) in [5.74, 6) is 1.36. The van der Waals surface area contributed by atoms with Crippen molar-refractivity contribution < 1.29 is 19.1 Å². The fraction of sp³-hybridized carbons (Fsp3) is 0.290. The highest BCUT2D eigenvalue weighted by atomic mass is 16.5. The van der Waals surface area contributed by atoms with Crippen molar-refractivity contribution in [2.24, 2.45) is 0 Å². The second-order valence-corrected chi connectivity index (χ2v) is 10.2. The van der Waals surface area contributed by atoms with Crippen molar-refractivity contribution in [2.45, 2.75) is 19.9 Å². The number of imidazole rings is 1. The van der Waals surface area contributed by atoms with Crippen LogP contribution in [0.3, 0.4) is 0 Å². The third-order valence-corrected chi connectivity index (χ3v) is 7.53. The monoisotopic (exact) mass is 552 g/mol. The lowest BCUT2D eigenvalue weighted by molar-refractivity contribution is -0.123. The molecule has 4 aromatic rings. The predicted molar refractivity (Wildman–Crippen MR) is 155 cm³/mol. The van der Waals surface area contributed by atoms with Crippen LogP contribution in [-0.2, 0) is 11.3 Å². The average Bonchev–Trinajstić information content (AvgIpc) is 3.36. The number of rotatable bonds is 3. The van der Waals surface area contributed by atoms with Crippen molar-refractivity contribution in [2.75, 3.05) is 44.8 Å². The quantitative estimate of drug-likeness (QED) is 0.414. The molecular weight excluding hydrogens is 520 g/mol. The summed E-state index contributed by atoms with van der Waals surface area (Å²) >= 11 is 0. The zero-order valence-corrected chi connectivity index (χ0v) is 23.2. The van der Waals surface area contributed by atoms with Crippen LogP contribution >= 0.6 is 0 Å². The predicted octanol–water partition coefficient (Wildman–Crippen LogP) is 3.61. The van der Waals surface area contributed by atoms with E-state index in [1.807, 2.05) is 64.5 Å². The van der Waals surface area contributed by atoms with Gasteiger partial charge in [0.05, 0.1) is 7.11 Å². The molecule has 2 aromatic heterocycles. The number of carbonyl (C=O) groups excluding carboxylic acids is 2. The molecule has 2 amide bonds. The Hall–Kier alpha value is -4.86. The number of amides is 2. The normalized spacial score (nSPS) is 15.3. The zero-order chi connectivity index (χ0) is 28.3. The number of carbonyl (C=O) groups is 2. The number of aromatic nitrogens is 3. The number of benzene rings is 2. The maximum atomic E-state index is 13.9. The van der Waals surface area contributed by atoms with Crippen molar-refractivity contribution >= 4 is 17.5 Å². The Balaban J connectivity index is 1.34. The molecule has 210 valence electrons. The van der Waals surface area contributed by atoms with Crippen molar-refractivity contribution in [3.05, 3.63) is 83.9 Å². The van der Waals surface area contributed by atoms with E-state index in [0.29, 0.717) is 36.0 Å². The number of fused-ring (bicyclic) bond motifs is 7. The van der Waals surface area contributed by atoms with Gasteiger partial charge in [0.15, 0.2) is 18.1 Å². The molecule has 2 aliphatic heterocycles. The summed E-state index contributed by atoms with van der Waals surface area (Å²) in [6, 6.07) is 13.3. The molecule has 0 spiro atoms. The van der Waals surface area contributed by atoms with Gasteiger partial charge in [-0.1, -0.05) is 0 Å². The first-order valence-electron chi connectivity index (χ1n) is 13.7. The van der Waals surface area contributed by atoms with Gasteiger partial charge in [-0.2, -0.15) is 0 Å². The topological polar surface area (TPSA) is 102 Å². The highest BCUT2D eigenvalue weighted by Gasteiger charge is 2.23. The van der Waals surface area contributed by atoms with E-state index in [0.717, 1.165) is 47.6 Å². The maximum Gasteiger partial charge on any atom is 0.258 e. The molecule has 0 unspecified atom stereocenters. The SMILES string of the molecule is COc1ccc2cc1OCC(=O)NCc1cc(C(=O)N3CCCN(c4ccncc4C)CC3)cc(c1)-n1ccnc1-2. The highest BCUT2D eigenvalue weighted by Crippen LogP contribution is 2.33. The first-order valence-corrected chi connectivity index (χ1v) is 13.7. The molecule has 1 saturated heterocycles. The van der Waals surface area contributed by atoms with Crippen LogP contribution in [-0.4, -0.2) is 71.1 Å². The Morgan fingerprint density at radius 2 is 1.95 bits per heavy atom. The molecule has 4 bridgehead atoms. The molecule has 4 heterocycles. The molecular formula is C31H32N6O4. The van der Waals surface area contributed by atoms with Crippen LogP contribution in [0.15, 0.2) is 67.3 Å². The summed E-state index contributed by atoms with van der Waals surface area (Å²) < 4.78 is 13.2. The molecule has 0 atom stereocenters. The Labute approximate surface area is 238 Å². The molecule has 0 saturated carbocycles. The average molecular weight is 553 g/mol. The second-order valence-electron chi connectivity index (χ2n) is 10.2. The van der Waals surface area contributed by atoms with Crippen molar-refractivity contribution in [1.82, 2.24) is 24.8 Å². The Bertz CT molecular complexity index is 1600. The highest BCUT2D eigenvalue weighted by molar-refractivity contribution is 5.95. The van der Waals surface area contributed by atoms with Gasteiger partial charge in [0.2, 0.25) is 0 Å². The molecule has 1 fully saturated rings. The van der Waals surface area contributed by atoms with Crippen LogP contribution < -0.4 is 19.7 Å². The van der Waals surface area contributed by atoms with Crippen LogP contribution in [0.25, 0.3) is 17.1 Å². The van der Waals surface area contributed by atoms with Gasteiger partial charge in [-0.05, 0) is 66.9 Å². The van der Waals surface area contributed by atoms with Crippen LogP contribution in [0, 0.1) is 6.92 Å². The number of aryl methyl sites for hydroxylation is 1. The minimum absolute atomic E-state index is 0.0335. The zero-order valence-electron chi connectivity index (χ0n) is 23.2. The fourth-order valence-electron chi connectivity index (χ4n) is 5.45. The van der Waals surface area contributed by atoms with Gasteiger partial charge < -0.3 is 24.6 Å². The van der Waals surface area contributed by atoms with Crippen LogP contribution in [0.1, 0.15) is 27.9 Å². The van der Waals surface area contributed by atoms with Gasteiger partial charge in [-0.15, -0.1) is 0 Å². The summed E-state index contributed by atoms with van der Waals surface area (Å²) in [6.45, 7) is 5.04. The molecule has 41 heavy (non-hydrogen) atoms. The third kappa shape index (κ3) is 5.45. The van der Waals surface area contributed by atoms with Crippen molar-refractivity contribution in [3.63, 3.8) is 0 Å². The third-order valence-electron chi connectivity index (χ3n) is 7.53. The standard InChI is InChI=1S/C31H32N6O4/c1-21-18-32-7-6-26(21)35-9-3-10-36(13-12-35)31(39)24-14-22-15-25(16-24)37-11-8-33-30(37)23-4-5-27(40-2)28(17-23)41-20-29(38)34-19-22/h4-8,11,14-18H,3,9-10,12-13,19-20H2,1-2H3,(H,34,38). The first-order chi connectivity index (χ1) is 20.0. The van der Waals surface area contributed by atoms with Gasteiger partial charge in [-0.3, -0.25) is 19.1 Å². The van der Waals surface area contributed by atoms with Gasteiger partial charge >= 0.3 is 0 Å². The van der Waals surface area contributed by atoms with Crippen molar-refractivity contribution in [1.29, 1.82) is 0 Å². The van der Waals surface area contributed by atoms with E-state index in [1.54, 1.807) is 19.4 Å². The van der Waals surface area contributed by atoms with Gasteiger partial charge in [0, 0.05) is 80.0 Å². The Kier molecular flexibility index (Phi) is 7.28. The summed E-state index contributed by atoms with van der Waals surface area (Å²) in [6.07, 6.45) is 8.14.